The van der Waals surface area contributed by atoms with Gasteiger partial charge in [0.15, 0.2) is 0 Å². The number of aliphatic hydroxyl groups is 2. The fourth-order valence-corrected chi connectivity index (χ4v) is 2.00. The lowest BCUT2D eigenvalue weighted by Crippen LogP contribution is -1.99. The van der Waals surface area contributed by atoms with E-state index in [9.17, 15) is 5.11 Å². The minimum absolute atomic E-state index is 0.0566. The normalized spacial score (nSPS) is 12.2. The maximum absolute atomic E-state index is 9.54. The average Bonchev–Trinajstić information content (AvgIpc) is 2.46. The van der Waals surface area contributed by atoms with E-state index in [0.717, 1.165) is 28.0 Å². The molecule has 2 aromatic rings. The largest absolute Gasteiger partial charge is 0.489 e. The molecular formula is C17H20O3. The summed E-state index contributed by atoms with van der Waals surface area (Å²) in [6, 6.07) is 13.4. The van der Waals surface area contributed by atoms with E-state index in [4.69, 9.17) is 9.84 Å². The predicted octanol–water partition coefficient (Wildman–Crippen LogP) is 3.12. The highest BCUT2D eigenvalue weighted by Crippen LogP contribution is 2.23. The second-order valence-electron chi connectivity index (χ2n) is 4.96. The van der Waals surface area contributed by atoms with Crippen LogP contribution in [0.3, 0.4) is 0 Å². The topological polar surface area (TPSA) is 49.7 Å². The minimum Gasteiger partial charge on any atom is -0.489 e. The van der Waals surface area contributed by atoms with Gasteiger partial charge in [0.1, 0.15) is 12.4 Å². The van der Waals surface area contributed by atoms with Crippen LogP contribution in [0.25, 0.3) is 0 Å². The first kappa shape index (κ1) is 14.6. The van der Waals surface area contributed by atoms with Crippen molar-refractivity contribution < 1.29 is 14.9 Å². The standard InChI is InChI=1S/C17H20O3/c1-12-9-16(13(2)19)7-8-17(12)20-11-15-5-3-14(10-18)4-6-15/h3-9,13,18-19H,10-11H2,1-2H3. The summed E-state index contributed by atoms with van der Waals surface area (Å²) in [5, 5.41) is 18.5. The van der Waals surface area contributed by atoms with Crippen LogP contribution in [0, 0.1) is 6.92 Å². The monoisotopic (exact) mass is 272 g/mol. The van der Waals surface area contributed by atoms with Gasteiger partial charge in [-0.15, -0.1) is 0 Å². The Hall–Kier alpha value is -1.84. The van der Waals surface area contributed by atoms with Crippen LogP contribution in [0.5, 0.6) is 5.75 Å². The number of rotatable bonds is 5. The average molecular weight is 272 g/mol. The Morgan fingerprint density at radius 1 is 1.05 bits per heavy atom. The molecule has 3 heteroatoms. The fraction of sp³-hybridized carbons (Fsp3) is 0.294. The molecule has 0 aliphatic carbocycles. The van der Waals surface area contributed by atoms with Crippen LogP contribution in [-0.2, 0) is 13.2 Å². The zero-order valence-corrected chi connectivity index (χ0v) is 11.8. The molecule has 0 fully saturated rings. The Morgan fingerprint density at radius 2 is 1.70 bits per heavy atom. The van der Waals surface area contributed by atoms with Crippen molar-refractivity contribution >= 4 is 0 Å². The smallest absolute Gasteiger partial charge is 0.122 e. The summed E-state index contributed by atoms with van der Waals surface area (Å²) in [5.74, 6) is 0.820. The molecule has 0 heterocycles. The highest BCUT2D eigenvalue weighted by atomic mass is 16.5. The van der Waals surface area contributed by atoms with Crippen molar-refractivity contribution in [3.05, 3.63) is 64.7 Å². The summed E-state index contributed by atoms with van der Waals surface area (Å²) in [5.41, 5.74) is 3.85. The summed E-state index contributed by atoms with van der Waals surface area (Å²) >= 11 is 0. The summed E-state index contributed by atoms with van der Waals surface area (Å²) in [6.07, 6.45) is -0.464. The minimum atomic E-state index is -0.464. The number of aliphatic hydroxyl groups excluding tert-OH is 2. The number of benzene rings is 2. The van der Waals surface area contributed by atoms with Crippen LogP contribution >= 0.6 is 0 Å². The number of ether oxygens (including phenoxy) is 1. The summed E-state index contributed by atoms with van der Waals surface area (Å²) in [6.45, 7) is 4.26. The zero-order chi connectivity index (χ0) is 14.5. The lowest BCUT2D eigenvalue weighted by molar-refractivity contribution is 0.199. The van der Waals surface area contributed by atoms with Crippen molar-refractivity contribution in [1.29, 1.82) is 0 Å². The van der Waals surface area contributed by atoms with Crippen molar-refractivity contribution in [2.45, 2.75) is 33.2 Å². The van der Waals surface area contributed by atoms with E-state index in [0.29, 0.717) is 6.61 Å². The van der Waals surface area contributed by atoms with Gasteiger partial charge in [0.2, 0.25) is 0 Å². The van der Waals surface area contributed by atoms with Gasteiger partial charge in [0, 0.05) is 0 Å². The molecule has 0 bridgehead atoms. The van der Waals surface area contributed by atoms with Crippen molar-refractivity contribution in [3.63, 3.8) is 0 Å². The van der Waals surface area contributed by atoms with Gasteiger partial charge in [0.05, 0.1) is 12.7 Å². The fourth-order valence-electron chi connectivity index (χ4n) is 2.00. The van der Waals surface area contributed by atoms with Gasteiger partial charge in [-0.3, -0.25) is 0 Å². The number of aryl methyl sites for hydroxylation is 1. The molecule has 1 unspecified atom stereocenters. The van der Waals surface area contributed by atoms with E-state index in [-0.39, 0.29) is 6.61 Å². The van der Waals surface area contributed by atoms with Crippen LogP contribution < -0.4 is 4.74 Å². The third kappa shape index (κ3) is 3.59. The van der Waals surface area contributed by atoms with Gasteiger partial charge in [-0.2, -0.15) is 0 Å². The number of hydrogen-bond donors (Lipinski definition) is 2. The lowest BCUT2D eigenvalue weighted by atomic mass is 10.1. The lowest BCUT2D eigenvalue weighted by Gasteiger charge is -2.12. The van der Waals surface area contributed by atoms with E-state index in [1.54, 1.807) is 6.92 Å². The van der Waals surface area contributed by atoms with Crippen LogP contribution in [0.2, 0.25) is 0 Å². The first-order valence-corrected chi connectivity index (χ1v) is 6.70. The highest BCUT2D eigenvalue weighted by Gasteiger charge is 2.05. The summed E-state index contributed by atoms with van der Waals surface area (Å²) in [7, 11) is 0. The van der Waals surface area contributed by atoms with Gasteiger partial charge in [0.25, 0.3) is 0 Å². The van der Waals surface area contributed by atoms with Gasteiger partial charge >= 0.3 is 0 Å². The molecule has 0 saturated carbocycles. The molecule has 0 spiro atoms. The van der Waals surface area contributed by atoms with Gasteiger partial charge < -0.3 is 14.9 Å². The van der Waals surface area contributed by atoms with Gasteiger partial charge in [-0.05, 0) is 48.2 Å². The van der Waals surface area contributed by atoms with Crippen LogP contribution in [0.4, 0.5) is 0 Å². The molecule has 20 heavy (non-hydrogen) atoms. The van der Waals surface area contributed by atoms with E-state index in [1.165, 1.54) is 0 Å². The highest BCUT2D eigenvalue weighted by molar-refractivity contribution is 5.37. The maximum atomic E-state index is 9.54. The molecule has 0 aliphatic heterocycles. The molecule has 0 saturated heterocycles. The Morgan fingerprint density at radius 3 is 2.25 bits per heavy atom. The first-order valence-electron chi connectivity index (χ1n) is 6.70. The van der Waals surface area contributed by atoms with Gasteiger partial charge in [-0.1, -0.05) is 30.3 Å². The summed E-state index contributed by atoms with van der Waals surface area (Å²) in [4.78, 5) is 0. The third-order valence-electron chi connectivity index (χ3n) is 3.28. The number of hydrogen-bond acceptors (Lipinski definition) is 3. The molecule has 0 aromatic heterocycles. The van der Waals surface area contributed by atoms with E-state index >= 15 is 0 Å². The maximum Gasteiger partial charge on any atom is 0.122 e. The quantitative estimate of drug-likeness (QED) is 0.879. The molecule has 0 amide bonds. The van der Waals surface area contributed by atoms with Crippen molar-refractivity contribution in [2.24, 2.45) is 0 Å². The molecule has 1 atom stereocenters. The van der Waals surface area contributed by atoms with Crippen molar-refractivity contribution in [1.82, 2.24) is 0 Å². The molecule has 2 aromatic carbocycles. The molecule has 3 nitrogen and oxygen atoms in total. The van der Waals surface area contributed by atoms with Crippen LogP contribution in [0.15, 0.2) is 42.5 Å². The van der Waals surface area contributed by atoms with E-state index in [1.807, 2.05) is 49.4 Å². The SMILES string of the molecule is Cc1cc(C(C)O)ccc1OCc1ccc(CO)cc1. The van der Waals surface area contributed by atoms with Gasteiger partial charge in [-0.25, -0.2) is 0 Å². The zero-order valence-electron chi connectivity index (χ0n) is 11.8. The first-order chi connectivity index (χ1) is 9.60. The van der Waals surface area contributed by atoms with Crippen molar-refractivity contribution in [3.8, 4) is 5.75 Å². The Kier molecular flexibility index (Phi) is 4.77. The molecule has 2 N–H and O–H groups in total. The summed E-state index contributed by atoms with van der Waals surface area (Å²) < 4.78 is 5.79. The Balaban J connectivity index is 2.03. The second kappa shape index (κ2) is 6.55. The van der Waals surface area contributed by atoms with Crippen molar-refractivity contribution in [2.75, 3.05) is 0 Å². The molecule has 0 aliphatic rings. The molecule has 0 radical (unpaired) electrons. The Labute approximate surface area is 119 Å². The molecule has 106 valence electrons. The Bertz CT molecular complexity index is 559. The third-order valence-corrected chi connectivity index (χ3v) is 3.28. The van der Waals surface area contributed by atoms with E-state index in [2.05, 4.69) is 0 Å². The van der Waals surface area contributed by atoms with E-state index < -0.39 is 6.10 Å². The molecular weight excluding hydrogens is 252 g/mol. The predicted molar refractivity (Wildman–Crippen MR) is 78.5 cm³/mol. The second-order valence-corrected chi connectivity index (χ2v) is 4.96. The van der Waals surface area contributed by atoms with Crippen LogP contribution in [0.1, 0.15) is 35.3 Å². The molecule has 2 rings (SSSR count). The van der Waals surface area contributed by atoms with Crippen LogP contribution in [-0.4, -0.2) is 10.2 Å².